The molecule has 2 N–H and O–H groups in total. The highest BCUT2D eigenvalue weighted by Crippen LogP contribution is 2.42. The zero-order valence-electron chi connectivity index (χ0n) is 14.6. The average molecular weight is 392 g/mol. The normalized spacial score (nSPS) is 20.7. The van der Waals surface area contributed by atoms with Crippen LogP contribution in [0.25, 0.3) is 21.1 Å². The number of benzene rings is 1. The molecule has 3 heterocycles. The quantitative estimate of drug-likeness (QED) is 0.702. The monoisotopic (exact) mass is 392 g/mol. The third kappa shape index (κ3) is 2.45. The van der Waals surface area contributed by atoms with Gasteiger partial charge in [-0.3, -0.25) is 14.0 Å². The first-order valence-corrected chi connectivity index (χ1v) is 9.84. The van der Waals surface area contributed by atoms with Crippen molar-refractivity contribution in [1.82, 2.24) is 14.3 Å². The van der Waals surface area contributed by atoms with Crippen LogP contribution in [-0.4, -0.2) is 34.6 Å². The van der Waals surface area contributed by atoms with Crippen LogP contribution in [0, 0.1) is 11.6 Å². The number of rotatable bonds is 2. The molecule has 9 heteroatoms. The van der Waals surface area contributed by atoms with Gasteiger partial charge >= 0.3 is 0 Å². The van der Waals surface area contributed by atoms with E-state index in [9.17, 15) is 14.0 Å². The molecule has 2 fully saturated rings. The van der Waals surface area contributed by atoms with E-state index >= 15 is 4.39 Å². The second-order valence-corrected chi connectivity index (χ2v) is 8.16. The highest BCUT2D eigenvalue weighted by molar-refractivity contribution is 7.12. The van der Waals surface area contributed by atoms with E-state index in [1.807, 2.05) is 6.92 Å². The molecule has 0 amide bonds. The standard InChI is InChI=1S/C18H18F2N4O2S/c1-8-7-23(5-4-21-8)15-11(19)6-10-14(13(15)20)24(9-2-3-9)18-12(16(10)25)17(26)22-27-18/h6,8-9,21H,2-5,7H2,1H3,(H,22,26). The summed E-state index contributed by atoms with van der Waals surface area (Å²) in [4.78, 5) is 27.0. The summed E-state index contributed by atoms with van der Waals surface area (Å²) in [6.45, 7) is 3.56. The molecular formula is C18H18F2N4O2S. The molecule has 1 unspecified atom stereocenters. The lowest BCUT2D eigenvalue weighted by atomic mass is 10.1. The summed E-state index contributed by atoms with van der Waals surface area (Å²) in [7, 11) is 0. The Labute approximate surface area is 156 Å². The van der Waals surface area contributed by atoms with Gasteiger partial charge in [-0.05, 0) is 37.4 Å². The minimum Gasteiger partial charge on any atom is -0.364 e. The van der Waals surface area contributed by atoms with Crippen molar-refractivity contribution in [2.75, 3.05) is 24.5 Å². The van der Waals surface area contributed by atoms with E-state index in [2.05, 4.69) is 9.69 Å². The number of hydrogen-bond acceptors (Lipinski definition) is 5. The molecule has 3 aromatic rings. The number of H-pyrrole nitrogens is 1. The number of aromatic amines is 1. The SMILES string of the molecule is CC1CN(c2c(F)cc3c(=O)c4c(=O)[nH]sc4n(C4CC4)c3c2F)CCN1. The fourth-order valence-corrected chi connectivity index (χ4v) is 4.93. The van der Waals surface area contributed by atoms with Crippen LogP contribution in [0.3, 0.4) is 0 Å². The predicted molar refractivity (Wildman–Crippen MR) is 102 cm³/mol. The second-order valence-electron chi connectivity index (χ2n) is 7.36. The summed E-state index contributed by atoms with van der Waals surface area (Å²) in [6, 6.07) is 1.23. The van der Waals surface area contributed by atoms with Gasteiger partial charge in [-0.1, -0.05) is 0 Å². The third-order valence-electron chi connectivity index (χ3n) is 5.38. The Hall–Kier alpha value is -2.26. The summed E-state index contributed by atoms with van der Waals surface area (Å²) < 4.78 is 34.9. The van der Waals surface area contributed by atoms with Gasteiger partial charge in [0.05, 0.1) is 10.9 Å². The topological polar surface area (TPSA) is 70.1 Å². The summed E-state index contributed by atoms with van der Waals surface area (Å²) in [5, 5.41) is 3.17. The number of nitrogens with zero attached hydrogens (tertiary/aromatic N) is 2. The van der Waals surface area contributed by atoms with Crippen molar-refractivity contribution in [2.45, 2.75) is 31.8 Å². The Balaban J connectivity index is 1.88. The van der Waals surface area contributed by atoms with E-state index in [4.69, 9.17) is 0 Å². The lowest BCUT2D eigenvalue weighted by Gasteiger charge is -2.34. The number of halogens is 2. The van der Waals surface area contributed by atoms with Crippen LogP contribution in [-0.2, 0) is 0 Å². The highest BCUT2D eigenvalue weighted by atomic mass is 32.1. The molecule has 27 heavy (non-hydrogen) atoms. The molecule has 142 valence electrons. The largest absolute Gasteiger partial charge is 0.364 e. The molecule has 0 radical (unpaired) electrons. The number of hydrogen-bond donors (Lipinski definition) is 2. The first kappa shape index (κ1) is 16.9. The molecule has 1 atom stereocenters. The van der Waals surface area contributed by atoms with E-state index in [-0.39, 0.29) is 34.1 Å². The van der Waals surface area contributed by atoms with Gasteiger partial charge in [-0.15, -0.1) is 0 Å². The number of piperazine rings is 1. The van der Waals surface area contributed by atoms with E-state index in [0.717, 1.165) is 30.4 Å². The predicted octanol–water partition coefficient (Wildman–Crippen LogP) is 2.32. The zero-order valence-corrected chi connectivity index (χ0v) is 15.5. The van der Waals surface area contributed by atoms with Crippen molar-refractivity contribution in [3.63, 3.8) is 0 Å². The first-order chi connectivity index (χ1) is 13.0. The molecule has 1 aromatic carbocycles. The van der Waals surface area contributed by atoms with Crippen molar-refractivity contribution in [3.8, 4) is 0 Å². The van der Waals surface area contributed by atoms with Gasteiger partial charge < -0.3 is 14.8 Å². The highest BCUT2D eigenvalue weighted by Gasteiger charge is 2.32. The van der Waals surface area contributed by atoms with Crippen LogP contribution in [0.2, 0.25) is 0 Å². The van der Waals surface area contributed by atoms with Gasteiger partial charge in [0.2, 0.25) is 5.43 Å². The molecular weight excluding hydrogens is 374 g/mol. The van der Waals surface area contributed by atoms with E-state index < -0.39 is 22.6 Å². The van der Waals surface area contributed by atoms with Crippen molar-refractivity contribution in [3.05, 3.63) is 38.3 Å². The van der Waals surface area contributed by atoms with E-state index in [0.29, 0.717) is 24.5 Å². The maximum absolute atomic E-state index is 15.7. The number of anilines is 1. The number of fused-ring (bicyclic) bond motifs is 2. The smallest absolute Gasteiger partial charge is 0.271 e. The molecule has 0 bridgehead atoms. The molecule has 2 aliphatic rings. The van der Waals surface area contributed by atoms with Gasteiger partial charge in [0.25, 0.3) is 5.56 Å². The molecule has 1 aliphatic heterocycles. The summed E-state index contributed by atoms with van der Waals surface area (Å²) in [6.07, 6.45) is 1.69. The Morgan fingerprint density at radius 1 is 1.26 bits per heavy atom. The first-order valence-electron chi connectivity index (χ1n) is 9.03. The minimum absolute atomic E-state index is 0.0123. The Morgan fingerprint density at radius 2 is 2.04 bits per heavy atom. The Morgan fingerprint density at radius 3 is 2.74 bits per heavy atom. The molecule has 2 aromatic heterocycles. The third-order valence-corrected chi connectivity index (χ3v) is 6.26. The number of aromatic nitrogens is 2. The molecule has 6 nitrogen and oxygen atoms in total. The second kappa shape index (κ2) is 5.87. The Kier molecular flexibility index (Phi) is 3.67. The van der Waals surface area contributed by atoms with Crippen molar-refractivity contribution in [2.24, 2.45) is 0 Å². The van der Waals surface area contributed by atoms with Gasteiger partial charge in [0.1, 0.15) is 21.7 Å². The van der Waals surface area contributed by atoms with Crippen molar-refractivity contribution in [1.29, 1.82) is 0 Å². The Bertz CT molecular complexity index is 1190. The maximum atomic E-state index is 15.7. The van der Waals surface area contributed by atoms with Crippen LogP contribution >= 0.6 is 11.5 Å². The van der Waals surface area contributed by atoms with Crippen LogP contribution < -0.4 is 21.2 Å². The minimum atomic E-state index is -0.764. The van der Waals surface area contributed by atoms with Crippen LogP contribution in [0.5, 0.6) is 0 Å². The number of nitrogens with one attached hydrogen (secondary N) is 2. The maximum Gasteiger partial charge on any atom is 0.271 e. The fraction of sp³-hybridized carbons (Fsp3) is 0.444. The summed E-state index contributed by atoms with van der Waals surface area (Å²) >= 11 is 1.03. The molecule has 1 saturated heterocycles. The lowest BCUT2D eigenvalue weighted by Crippen LogP contribution is -2.49. The zero-order chi connectivity index (χ0) is 18.9. The molecule has 1 aliphatic carbocycles. The van der Waals surface area contributed by atoms with Crippen LogP contribution in [0.15, 0.2) is 15.7 Å². The van der Waals surface area contributed by atoms with Gasteiger partial charge in [0, 0.05) is 31.7 Å². The molecule has 0 spiro atoms. The van der Waals surface area contributed by atoms with Crippen LogP contribution in [0.4, 0.5) is 14.5 Å². The molecule has 5 rings (SSSR count). The number of pyridine rings is 1. The van der Waals surface area contributed by atoms with Crippen molar-refractivity contribution < 1.29 is 8.78 Å². The van der Waals surface area contributed by atoms with Gasteiger partial charge in [-0.25, -0.2) is 8.78 Å². The summed E-state index contributed by atoms with van der Waals surface area (Å²) in [5.74, 6) is -1.48. The fourth-order valence-electron chi connectivity index (χ4n) is 4.01. The average Bonchev–Trinajstić information content (AvgIpc) is 3.39. The lowest BCUT2D eigenvalue weighted by molar-refractivity contribution is 0.470. The van der Waals surface area contributed by atoms with Gasteiger partial charge in [0.15, 0.2) is 5.82 Å². The summed E-state index contributed by atoms with van der Waals surface area (Å²) in [5.41, 5.74) is -1.10. The van der Waals surface area contributed by atoms with Crippen molar-refractivity contribution >= 4 is 38.3 Å². The molecule has 1 saturated carbocycles. The van der Waals surface area contributed by atoms with E-state index in [1.54, 1.807) is 9.47 Å². The van der Waals surface area contributed by atoms with E-state index in [1.165, 1.54) is 0 Å². The van der Waals surface area contributed by atoms with Gasteiger partial charge in [-0.2, -0.15) is 0 Å². The van der Waals surface area contributed by atoms with Crippen LogP contribution in [0.1, 0.15) is 25.8 Å².